The molecule has 0 saturated heterocycles. The minimum Gasteiger partial charge on any atom is -0.149 e. The van der Waals surface area contributed by atoms with Gasteiger partial charge in [-0.05, 0) is 50.4 Å². The Labute approximate surface area is 224 Å². The summed E-state index contributed by atoms with van der Waals surface area (Å²) in [5.74, 6) is 3.12. The molecule has 0 aliphatic rings. The smallest absolute Gasteiger partial charge is 0.0223 e. The normalized spacial score (nSPS) is 14.5. The number of thioether (sulfide) groups is 1. The molecule has 0 aromatic heterocycles. The summed E-state index contributed by atoms with van der Waals surface area (Å²) in [6.45, 7) is 14.7. The lowest BCUT2D eigenvalue weighted by atomic mass is 9.85. The summed E-state index contributed by atoms with van der Waals surface area (Å²) in [4.78, 5) is 0. The molecule has 0 amide bonds. The number of unbranched alkanes of at least 4 members (excludes halogenated alkanes) is 10. The van der Waals surface area contributed by atoms with Crippen molar-refractivity contribution >= 4 is 35.0 Å². The van der Waals surface area contributed by atoms with Gasteiger partial charge in [0.15, 0.2) is 0 Å². The Morgan fingerprint density at radius 2 is 0.788 bits per heavy atom. The number of halogens is 2. The van der Waals surface area contributed by atoms with Gasteiger partial charge in [0, 0.05) is 21.3 Å². The van der Waals surface area contributed by atoms with Gasteiger partial charge >= 0.3 is 0 Å². The Kier molecular flexibility index (Phi) is 21.7. The fourth-order valence-electron chi connectivity index (χ4n) is 5.51. The quantitative estimate of drug-likeness (QED) is 0.0895. The summed E-state index contributed by atoms with van der Waals surface area (Å²) < 4.78 is 0.582. The van der Waals surface area contributed by atoms with Crippen molar-refractivity contribution in [2.24, 2.45) is 11.8 Å². The van der Waals surface area contributed by atoms with Crippen LogP contribution in [0.15, 0.2) is 0 Å². The van der Waals surface area contributed by atoms with Crippen LogP contribution in [0.4, 0.5) is 0 Å². The molecule has 3 heteroatoms. The number of alkyl halides is 2. The monoisotopic (exact) mass is 522 g/mol. The predicted octanol–water partition coefficient (Wildman–Crippen LogP) is 12.0. The molecule has 0 heterocycles. The lowest BCUT2D eigenvalue weighted by molar-refractivity contribution is 0.327. The maximum Gasteiger partial charge on any atom is 0.0223 e. The van der Waals surface area contributed by atoms with Crippen molar-refractivity contribution in [1.82, 2.24) is 0 Å². The summed E-state index contributed by atoms with van der Waals surface area (Å²) in [6.07, 6.45) is 24.3. The van der Waals surface area contributed by atoms with Crippen molar-refractivity contribution in [3.8, 4) is 0 Å². The van der Waals surface area contributed by atoms with Crippen molar-refractivity contribution in [3.05, 3.63) is 0 Å². The molecule has 0 aromatic carbocycles. The highest BCUT2D eigenvalue weighted by Gasteiger charge is 2.39. The summed E-state index contributed by atoms with van der Waals surface area (Å²) in [5.41, 5.74) is 0. The third-order valence-corrected chi connectivity index (χ3v) is 9.93. The van der Waals surface area contributed by atoms with Gasteiger partial charge in [-0.3, -0.25) is 0 Å². The van der Waals surface area contributed by atoms with Crippen LogP contribution in [0, 0.1) is 11.8 Å². The minimum atomic E-state index is 0.291. The molecule has 0 saturated carbocycles. The third kappa shape index (κ3) is 17.1. The van der Waals surface area contributed by atoms with E-state index in [1.165, 1.54) is 103 Å². The minimum absolute atomic E-state index is 0.291. The first kappa shape index (κ1) is 33.9. The molecule has 0 bridgehead atoms. The van der Waals surface area contributed by atoms with E-state index >= 15 is 0 Å². The first-order valence-electron chi connectivity index (χ1n) is 14.6. The highest BCUT2D eigenvalue weighted by Crippen LogP contribution is 2.49. The molecule has 0 nitrogen and oxygen atoms in total. The zero-order chi connectivity index (χ0) is 25.0. The van der Waals surface area contributed by atoms with Gasteiger partial charge in [0.1, 0.15) is 0 Å². The molecular weight excluding hydrogens is 463 g/mol. The topological polar surface area (TPSA) is 0 Å². The van der Waals surface area contributed by atoms with E-state index in [1.807, 2.05) is 0 Å². The van der Waals surface area contributed by atoms with Crippen LogP contribution in [0.5, 0.6) is 0 Å². The highest BCUT2D eigenvalue weighted by atomic mass is 35.5. The van der Waals surface area contributed by atoms with Crippen LogP contribution in [-0.4, -0.2) is 21.3 Å². The summed E-state index contributed by atoms with van der Waals surface area (Å²) in [6, 6.07) is 0. The Balaban J connectivity index is 4.97. The molecule has 0 rings (SSSR count). The van der Waals surface area contributed by atoms with Gasteiger partial charge in [0.05, 0.1) is 0 Å². The predicted molar refractivity (Wildman–Crippen MR) is 159 cm³/mol. The van der Waals surface area contributed by atoms with Crippen molar-refractivity contribution < 1.29 is 0 Å². The number of rotatable bonds is 24. The zero-order valence-corrected chi connectivity index (χ0v) is 25.8. The van der Waals surface area contributed by atoms with E-state index in [9.17, 15) is 0 Å². The van der Waals surface area contributed by atoms with E-state index in [2.05, 4.69) is 53.3 Å². The first-order chi connectivity index (χ1) is 15.7. The average molecular weight is 524 g/mol. The third-order valence-electron chi connectivity index (χ3n) is 7.68. The summed E-state index contributed by atoms with van der Waals surface area (Å²) in [5, 5.41) is 0. The van der Waals surface area contributed by atoms with Crippen LogP contribution >= 0.6 is 35.0 Å². The standard InChI is InChI=1S/C30H60Cl2S/c1-7-9-11-13-15-17-21-27(23-19-25-31)29(3,4)33-30(5,6)28(24-20-26-32)22-18-16-14-12-10-8-2/h27-28H,7-26H2,1-6H3. The van der Waals surface area contributed by atoms with Gasteiger partial charge in [-0.25, -0.2) is 0 Å². The summed E-state index contributed by atoms with van der Waals surface area (Å²) in [7, 11) is 0. The van der Waals surface area contributed by atoms with Crippen LogP contribution in [0.1, 0.15) is 157 Å². The van der Waals surface area contributed by atoms with E-state index in [4.69, 9.17) is 23.2 Å². The molecule has 2 unspecified atom stereocenters. The van der Waals surface area contributed by atoms with Crippen LogP contribution in [0.2, 0.25) is 0 Å². The second kappa shape index (κ2) is 21.1. The van der Waals surface area contributed by atoms with Crippen LogP contribution in [0.3, 0.4) is 0 Å². The number of hydrogen-bond acceptors (Lipinski definition) is 1. The fourth-order valence-corrected chi connectivity index (χ4v) is 7.98. The second-order valence-corrected chi connectivity index (χ2v) is 14.5. The SMILES string of the molecule is CCCCCCCCC(CCCCl)C(C)(C)SC(C)(C)C(CCCCl)CCCCCCCC. The Bertz CT molecular complexity index is 384. The molecule has 0 N–H and O–H groups in total. The van der Waals surface area contributed by atoms with Gasteiger partial charge in [-0.1, -0.05) is 119 Å². The van der Waals surface area contributed by atoms with Gasteiger partial charge in [0.2, 0.25) is 0 Å². The molecule has 0 aliphatic carbocycles. The van der Waals surface area contributed by atoms with E-state index in [0.717, 1.165) is 36.4 Å². The van der Waals surface area contributed by atoms with Gasteiger partial charge in [-0.2, -0.15) is 0 Å². The van der Waals surface area contributed by atoms with Crippen LogP contribution in [0.25, 0.3) is 0 Å². The van der Waals surface area contributed by atoms with E-state index in [-0.39, 0.29) is 0 Å². The van der Waals surface area contributed by atoms with E-state index < -0.39 is 0 Å². The molecule has 0 aromatic rings. The van der Waals surface area contributed by atoms with Gasteiger partial charge < -0.3 is 0 Å². The van der Waals surface area contributed by atoms with Gasteiger partial charge in [0.25, 0.3) is 0 Å². The average Bonchev–Trinajstić information content (AvgIpc) is 2.76. The molecule has 33 heavy (non-hydrogen) atoms. The first-order valence-corrected chi connectivity index (χ1v) is 16.5. The van der Waals surface area contributed by atoms with Crippen molar-refractivity contribution in [3.63, 3.8) is 0 Å². The Hall–Kier alpha value is 0.930. The lowest BCUT2D eigenvalue weighted by Gasteiger charge is -2.44. The lowest BCUT2D eigenvalue weighted by Crippen LogP contribution is -2.38. The largest absolute Gasteiger partial charge is 0.149 e. The molecule has 0 aliphatic heterocycles. The molecule has 0 spiro atoms. The van der Waals surface area contributed by atoms with E-state index in [0.29, 0.717) is 9.49 Å². The highest BCUT2D eigenvalue weighted by molar-refractivity contribution is 8.01. The zero-order valence-electron chi connectivity index (χ0n) is 23.5. The molecule has 200 valence electrons. The molecule has 0 fully saturated rings. The maximum atomic E-state index is 6.14. The van der Waals surface area contributed by atoms with Gasteiger partial charge in [-0.15, -0.1) is 35.0 Å². The fraction of sp³-hybridized carbons (Fsp3) is 1.00. The Morgan fingerprint density at radius 1 is 0.485 bits per heavy atom. The summed E-state index contributed by atoms with van der Waals surface area (Å²) >= 11 is 14.6. The van der Waals surface area contributed by atoms with E-state index in [1.54, 1.807) is 0 Å². The number of hydrogen-bond donors (Lipinski definition) is 0. The second-order valence-electron chi connectivity index (χ2n) is 11.5. The van der Waals surface area contributed by atoms with Crippen molar-refractivity contribution in [2.45, 2.75) is 167 Å². The molecule has 0 radical (unpaired) electrons. The molecule has 2 atom stereocenters. The van der Waals surface area contributed by atoms with Crippen molar-refractivity contribution in [1.29, 1.82) is 0 Å². The van der Waals surface area contributed by atoms with Crippen LogP contribution < -0.4 is 0 Å². The van der Waals surface area contributed by atoms with Crippen molar-refractivity contribution in [2.75, 3.05) is 11.8 Å². The Morgan fingerprint density at radius 3 is 1.12 bits per heavy atom. The molecular formula is C30H60Cl2S. The van der Waals surface area contributed by atoms with Crippen LogP contribution in [-0.2, 0) is 0 Å². The maximum absolute atomic E-state index is 6.14.